The third kappa shape index (κ3) is 2.59. The fourth-order valence-corrected chi connectivity index (χ4v) is 4.07. The number of anilines is 1. The third-order valence-corrected chi connectivity index (χ3v) is 5.18. The van der Waals surface area contributed by atoms with E-state index < -0.39 is 11.3 Å². The molecule has 4 rings (SSSR count). The molecule has 1 atom stereocenters. The number of hydrogen-bond donors (Lipinski definition) is 1. The second kappa shape index (κ2) is 5.97. The second-order valence-corrected chi connectivity index (χ2v) is 6.77. The molecule has 1 fully saturated rings. The van der Waals surface area contributed by atoms with Crippen LogP contribution in [0, 0.1) is 0 Å². The average molecular weight is 336 g/mol. The van der Waals surface area contributed by atoms with E-state index >= 15 is 0 Å². The van der Waals surface area contributed by atoms with Gasteiger partial charge < -0.3 is 10.6 Å². The average Bonchev–Trinajstić information content (AvgIpc) is 3.13. The van der Waals surface area contributed by atoms with E-state index in [1.54, 1.807) is 17.3 Å². The van der Waals surface area contributed by atoms with Gasteiger partial charge in [-0.15, -0.1) is 0 Å². The maximum Gasteiger partial charge on any atom is 0.239 e. The Morgan fingerprint density at radius 2 is 1.96 bits per heavy atom. The van der Waals surface area contributed by atoms with Gasteiger partial charge in [0.1, 0.15) is 6.54 Å². The van der Waals surface area contributed by atoms with Crippen molar-refractivity contribution in [1.82, 2.24) is 9.88 Å². The van der Waals surface area contributed by atoms with Crippen LogP contribution in [-0.2, 0) is 21.5 Å². The van der Waals surface area contributed by atoms with E-state index in [4.69, 9.17) is 5.73 Å². The lowest BCUT2D eigenvalue weighted by Crippen LogP contribution is -2.45. The van der Waals surface area contributed by atoms with Gasteiger partial charge in [0.25, 0.3) is 0 Å². The highest BCUT2D eigenvalue weighted by atomic mass is 16.2. The van der Waals surface area contributed by atoms with Crippen LogP contribution in [0.4, 0.5) is 5.69 Å². The first kappa shape index (κ1) is 15.8. The Bertz CT molecular complexity index is 823. The Morgan fingerprint density at radius 3 is 2.72 bits per heavy atom. The van der Waals surface area contributed by atoms with Gasteiger partial charge in [0.15, 0.2) is 0 Å². The number of aromatic nitrogens is 1. The normalized spacial score (nSPS) is 22.6. The number of benzene rings is 1. The molecule has 2 aromatic rings. The number of para-hydroxylation sites is 1. The lowest BCUT2D eigenvalue weighted by Gasteiger charge is -2.24. The van der Waals surface area contributed by atoms with Crippen LogP contribution in [0.15, 0.2) is 48.8 Å². The number of primary amides is 1. The molecule has 6 nitrogen and oxygen atoms in total. The number of likely N-dealkylation sites (tertiary alicyclic amines) is 1. The molecule has 0 bridgehead atoms. The van der Waals surface area contributed by atoms with Crippen molar-refractivity contribution in [1.29, 1.82) is 0 Å². The van der Waals surface area contributed by atoms with E-state index in [0.29, 0.717) is 6.54 Å². The van der Waals surface area contributed by atoms with Crippen LogP contribution in [-0.4, -0.2) is 41.3 Å². The van der Waals surface area contributed by atoms with Crippen LogP contribution in [0.5, 0.6) is 0 Å². The van der Waals surface area contributed by atoms with Crippen molar-refractivity contribution >= 4 is 17.5 Å². The maximum atomic E-state index is 13.2. The first-order valence-corrected chi connectivity index (χ1v) is 8.41. The van der Waals surface area contributed by atoms with Crippen LogP contribution >= 0.6 is 0 Å². The monoisotopic (exact) mass is 336 g/mol. The Labute approximate surface area is 146 Å². The Kier molecular flexibility index (Phi) is 3.77. The van der Waals surface area contributed by atoms with Gasteiger partial charge in [-0.2, -0.15) is 0 Å². The molecule has 0 radical (unpaired) electrons. The Morgan fingerprint density at radius 1 is 1.20 bits per heavy atom. The molecule has 2 N–H and O–H groups in total. The SMILES string of the molecule is NC(=O)CN1C(=O)[C@@]2(CCN(Cc3ccncc3)C2)c2ccccc21. The first-order valence-electron chi connectivity index (χ1n) is 8.41. The molecular formula is C19H20N4O2. The molecule has 3 heterocycles. The van der Waals surface area contributed by atoms with Crippen LogP contribution in [0.25, 0.3) is 0 Å². The summed E-state index contributed by atoms with van der Waals surface area (Å²) in [6, 6.07) is 11.7. The van der Waals surface area contributed by atoms with Crippen molar-refractivity contribution in [3.05, 3.63) is 59.9 Å². The summed E-state index contributed by atoms with van der Waals surface area (Å²) in [6.07, 6.45) is 4.32. The Hall–Kier alpha value is -2.73. The number of amides is 2. The van der Waals surface area contributed by atoms with Crippen LogP contribution < -0.4 is 10.6 Å². The molecule has 2 aliphatic rings. The fraction of sp³-hybridized carbons (Fsp3) is 0.316. The molecule has 2 amide bonds. The molecule has 0 aliphatic carbocycles. The van der Waals surface area contributed by atoms with E-state index in [1.165, 1.54) is 5.56 Å². The summed E-state index contributed by atoms with van der Waals surface area (Å²) >= 11 is 0. The number of nitrogens with zero attached hydrogens (tertiary/aromatic N) is 3. The molecule has 25 heavy (non-hydrogen) atoms. The van der Waals surface area contributed by atoms with E-state index in [-0.39, 0.29) is 12.5 Å². The highest BCUT2D eigenvalue weighted by Crippen LogP contribution is 2.47. The van der Waals surface area contributed by atoms with Crippen molar-refractivity contribution in [2.45, 2.75) is 18.4 Å². The standard InChI is InChI=1S/C19H20N4O2/c20-17(24)12-23-16-4-2-1-3-15(16)19(18(23)25)7-10-22(13-19)11-14-5-8-21-9-6-14/h1-6,8-9H,7,10-13H2,(H2,20,24)/t19-/m1/s1. The van der Waals surface area contributed by atoms with Crippen LogP contribution in [0.2, 0.25) is 0 Å². The zero-order chi connectivity index (χ0) is 17.4. The summed E-state index contributed by atoms with van der Waals surface area (Å²) in [5, 5.41) is 0. The highest BCUT2D eigenvalue weighted by molar-refractivity contribution is 6.11. The minimum absolute atomic E-state index is 0.00951. The summed E-state index contributed by atoms with van der Waals surface area (Å²) in [6.45, 7) is 2.21. The van der Waals surface area contributed by atoms with Crippen LogP contribution in [0.3, 0.4) is 0 Å². The van der Waals surface area contributed by atoms with Gasteiger partial charge in [0.05, 0.1) is 5.41 Å². The van der Waals surface area contributed by atoms with Gasteiger partial charge >= 0.3 is 0 Å². The number of nitrogens with two attached hydrogens (primary N) is 1. The summed E-state index contributed by atoms with van der Waals surface area (Å²) in [4.78, 5) is 32.5. The molecule has 1 spiro atoms. The molecule has 6 heteroatoms. The van der Waals surface area contributed by atoms with E-state index in [0.717, 1.165) is 30.8 Å². The van der Waals surface area contributed by atoms with Crippen molar-refractivity contribution in [3.8, 4) is 0 Å². The predicted octanol–water partition coefficient (Wildman–Crippen LogP) is 1.06. The van der Waals surface area contributed by atoms with E-state index in [1.807, 2.05) is 36.4 Å². The number of hydrogen-bond acceptors (Lipinski definition) is 4. The summed E-state index contributed by atoms with van der Waals surface area (Å²) in [7, 11) is 0. The number of fused-ring (bicyclic) bond motifs is 2. The zero-order valence-electron chi connectivity index (χ0n) is 13.9. The number of rotatable bonds is 4. The minimum Gasteiger partial charge on any atom is -0.368 e. The largest absolute Gasteiger partial charge is 0.368 e. The van der Waals surface area contributed by atoms with Gasteiger partial charge in [0.2, 0.25) is 11.8 Å². The highest BCUT2D eigenvalue weighted by Gasteiger charge is 2.54. The Balaban J connectivity index is 1.63. The van der Waals surface area contributed by atoms with Crippen molar-refractivity contribution < 1.29 is 9.59 Å². The van der Waals surface area contributed by atoms with Crippen molar-refractivity contribution in [2.75, 3.05) is 24.5 Å². The predicted molar refractivity (Wildman–Crippen MR) is 93.8 cm³/mol. The molecule has 1 aromatic carbocycles. The lowest BCUT2D eigenvalue weighted by molar-refractivity contribution is -0.125. The van der Waals surface area contributed by atoms with Gasteiger partial charge in [-0.05, 0) is 42.3 Å². The zero-order valence-corrected chi connectivity index (χ0v) is 13.9. The summed E-state index contributed by atoms with van der Waals surface area (Å²) in [5.74, 6) is -0.503. The number of pyridine rings is 1. The molecule has 2 aliphatic heterocycles. The van der Waals surface area contributed by atoms with Gasteiger partial charge in [0, 0.05) is 31.2 Å². The van der Waals surface area contributed by atoms with E-state index in [9.17, 15) is 9.59 Å². The van der Waals surface area contributed by atoms with E-state index in [2.05, 4.69) is 9.88 Å². The maximum absolute atomic E-state index is 13.2. The van der Waals surface area contributed by atoms with Gasteiger partial charge in [-0.25, -0.2) is 0 Å². The lowest BCUT2D eigenvalue weighted by atomic mass is 9.81. The third-order valence-electron chi connectivity index (χ3n) is 5.18. The van der Waals surface area contributed by atoms with Crippen molar-refractivity contribution in [3.63, 3.8) is 0 Å². The fourth-order valence-electron chi connectivity index (χ4n) is 4.07. The second-order valence-electron chi connectivity index (χ2n) is 6.77. The van der Waals surface area contributed by atoms with Gasteiger partial charge in [-0.1, -0.05) is 18.2 Å². The van der Waals surface area contributed by atoms with Gasteiger partial charge in [-0.3, -0.25) is 19.5 Å². The number of carbonyl (C=O) groups excluding carboxylic acids is 2. The topological polar surface area (TPSA) is 79.5 Å². The summed E-state index contributed by atoms with van der Waals surface area (Å²) < 4.78 is 0. The molecular weight excluding hydrogens is 316 g/mol. The minimum atomic E-state index is -0.570. The summed E-state index contributed by atoms with van der Waals surface area (Å²) in [5.41, 5.74) is 7.80. The smallest absolute Gasteiger partial charge is 0.239 e. The number of carbonyl (C=O) groups is 2. The van der Waals surface area contributed by atoms with Crippen LogP contribution in [0.1, 0.15) is 17.5 Å². The molecule has 0 unspecified atom stereocenters. The molecule has 128 valence electrons. The first-order chi connectivity index (χ1) is 12.1. The van der Waals surface area contributed by atoms with Crippen molar-refractivity contribution in [2.24, 2.45) is 5.73 Å². The molecule has 1 aromatic heterocycles. The quantitative estimate of drug-likeness (QED) is 0.905. The molecule has 0 saturated carbocycles. The molecule has 1 saturated heterocycles.